The van der Waals surface area contributed by atoms with Crippen molar-refractivity contribution in [2.45, 2.75) is 0 Å². The number of nitrogen functional groups attached to an aromatic ring is 1. The number of nitrogens with zero attached hydrogens (tertiary/aromatic N) is 2. The molecule has 0 saturated carbocycles. The summed E-state index contributed by atoms with van der Waals surface area (Å²) in [5.41, 5.74) is 2.43. The Balaban J connectivity index is 2.84. The molecule has 0 aliphatic heterocycles. The average molecular weight is 168 g/mol. The summed E-state index contributed by atoms with van der Waals surface area (Å²) in [6, 6.07) is 2.99. The van der Waals surface area contributed by atoms with Gasteiger partial charge >= 0.3 is 5.97 Å². The number of carbonyl (C=O) groups excluding carboxylic acids is 1. The van der Waals surface area contributed by atoms with Crippen molar-refractivity contribution in [3.63, 3.8) is 0 Å². The van der Waals surface area contributed by atoms with Crippen LogP contribution in [0.3, 0.4) is 0 Å². The lowest BCUT2D eigenvalue weighted by molar-refractivity contribution is 0.0593. The fourth-order valence-corrected chi connectivity index (χ4v) is 0.623. The molecule has 1 aromatic heterocycles. The molecular weight excluding hydrogens is 160 g/mol. The predicted molar refractivity (Wildman–Crippen MR) is 41.2 cm³/mol. The Hall–Kier alpha value is -1.69. The van der Waals surface area contributed by atoms with Crippen molar-refractivity contribution in [3.05, 3.63) is 17.8 Å². The average Bonchev–Trinajstić information content (AvgIpc) is 2.17. The second-order valence-corrected chi connectivity index (χ2v) is 1.94. The number of hydrazine groups is 1. The first-order chi connectivity index (χ1) is 5.77. The molecule has 6 nitrogen and oxygen atoms in total. The lowest BCUT2D eigenvalue weighted by Gasteiger charge is -1.98. The van der Waals surface area contributed by atoms with Gasteiger partial charge in [0.25, 0.3) is 0 Å². The molecule has 0 aliphatic rings. The second kappa shape index (κ2) is 3.63. The van der Waals surface area contributed by atoms with Gasteiger partial charge in [-0.2, -0.15) is 0 Å². The molecule has 0 spiro atoms. The Labute approximate surface area is 68.7 Å². The molecule has 12 heavy (non-hydrogen) atoms. The summed E-state index contributed by atoms with van der Waals surface area (Å²) in [4.78, 5) is 10.8. The molecular formula is C6H8N4O2. The number of nitrogens with one attached hydrogen (secondary N) is 1. The van der Waals surface area contributed by atoms with E-state index in [9.17, 15) is 4.79 Å². The Kier molecular flexibility index (Phi) is 2.54. The molecule has 0 aliphatic carbocycles. The maximum Gasteiger partial charge on any atom is 0.358 e. The van der Waals surface area contributed by atoms with Crippen LogP contribution in [0.25, 0.3) is 0 Å². The minimum Gasteiger partial charge on any atom is -0.464 e. The summed E-state index contributed by atoms with van der Waals surface area (Å²) in [7, 11) is 1.28. The third-order valence-electron chi connectivity index (χ3n) is 1.21. The van der Waals surface area contributed by atoms with Gasteiger partial charge in [-0.25, -0.2) is 10.6 Å². The van der Waals surface area contributed by atoms with E-state index in [0.29, 0.717) is 5.82 Å². The normalized spacial score (nSPS) is 9.17. The van der Waals surface area contributed by atoms with Gasteiger partial charge in [0.2, 0.25) is 0 Å². The molecule has 0 bridgehead atoms. The summed E-state index contributed by atoms with van der Waals surface area (Å²) in [6.07, 6.45) is 0. The molecule has 1 heterocycles. The van der Waals surface area contributed by atoms with E-state index in [4.69, 9.17) is 5.84 Å². The van der Waals surface area contributed by atoms with Gasteiger partial charge in [0.15, 0.2) is 11.5 Å². The van der Waals surface area contributed by atoms with Gasteiger partial charge in [0.05, 0.1) is 7.11 Å². The van der Waals surface area contributed by atoms with Crippen molar-refractivity contribution in [1.29, 1.82) is 0 Å². The van der Waals surface area contributed by atoms with Crippen LogP contribution in [0.4, 0.5) is 5.82 Å². The molecule has 3 N–H and O–H groups in total. The van der Waals surface area contributed by atoms with E-state index < -0.39 is 5.97 Å². The zero-order valence-corrected chi connectivity index (χ0v) is 6.44. The lowest BCUT2D eigenvalue weighted by atomic mass is 10.4. The van der Waals surface area contributed by atoms with Crippen LogP contribution < -0.4 is 11.3 Å². The van der Waals surface area contributed by atoms with Gasteiger partial charge in [-0.1, -0.05) is 0 Å². The van der Waals surface area contributed by atoms with Gasteiger partial charge in [-0.3, -0.25) is 0 Å². The van der Waals surface area contributed by atoms with Crippen LogP contribution in [-0.4, -0.2) is 23.3 Å². The van der Waals surface area contributed by atoms with E-state index in [1.54, 1.807) is 0 Å². The van der Waals surface area contributed by atoms with Crippen molar-refractivity contribution in [1.82, 2.24) is 10.2 Å². The molecule has 0 unspecified atom stereocenters. The molecule has 6 heteroatoms. The lowest BCUT2D eigenvalue weighted by Crippen LogP contribution is -2.11. The summed E-state index contributed by atoms with van der Waals surface area (Å²) in [6.45, 7) is 0. The van der Waals surface area contributed by atoms with Crippen LogP contribution in [0.15, 0.2) is 12.1 Å². The van der Waals surface area contributed by atoms with E-state index in [1.165, 1.54) is 19.2 Å². The first-order valence-corrected chi connectivity index (χ1v) is 3.16. The second-order valence-electron chi connectivity index (χ2n) is 1.94. The fourth-order valence-electron chi connectivity index (χ4n) is 0.623. The molecule has 1 aromatic rings. The van der Waals surface area contributed by atoms with Gasteiger partial charge in [0.1, 0.15) is 0 Å². The predicted octanol–water partition coefficient (Wildman–Crippen LogP) is -0.451. The van der Waals surface area contributed by atoms with Crippen LogP contribution in [0.5, 0.6) is 0 Å². The largest absolute Gasteiger partial charge is 0.464 e. The molecule has 0 fully saturated rings. The number of methoxy groups -OCH3 is 1. The van der Waals surface area contributed by atoms with Crippen LogP contribution >= 0.6 is 0 Å². The van der Waals surface area contributed by atoms with Crippen molar-refractivity contribution >= 4 is 11.8 Å². The van der Waals surface area contributed by atoms with Crippen LogP contribution in [-0.2, 0) is 4.74 Å². The first-order valence-electron chi connectivity index (χ1n) is 3.16. The smallest absolute Gasteiger partial charge is 0.358 e. The van der Waals surface area contributed by atoms with Gasteiger partial charge < -0.3 is 10.2 Å². The number of carbonyl (C=O) groups is 1. The van der Waals surface area contributed by atoms with E-state index in [-0.39, 0.29) is 5.69 Å². The van der Waals surface area contributed by atoms with E-state index in [0.717, 1.165) is 0 Å². The summed E-state index contributed by atoms with van der Waals surface area (Å²) < 4.78 is 4.42. The minimum atomic E-state index is -0.522. The van der Waals surface area contributed by atoms with Gasteiger partial charge in [-0.05, 0) is 12.1 Å². The maximum absolute atomic E-state index is 10.8. The van der Waals surface area contributed by atoms with Gasteiger partial charge in [0, 0.05) is 0 Å². The molecule has 1 rings (SSSR count). The Morgan fingerprint density at radius 1 is 1.58 bits per heavy atom. The highest BCUT2D eigenvalue weighted by Gasteiger charge is 2.06. The third-order valence-corrected chi connectivity index (χ3v) is 1.21. The Morgan fingerprint density at radius 3 is 2.75 bits per heavy atom. The molecule has 0 saturated heterocycles. The summed E-state index contributed by atoms with van der Waals surface area (Å²) in [5, 5.41) is 7.13. The highest BCUT2D eigenvalue weighted by atomic mass is 16.5. The maximum atomic E-state index is 10.8. The standard InChI is InChI=1S/C6H8N4O2/c1-12-6(11)4-2-3-5(8-7)10-9-4/h2-3H,7H2,1H3,(H,8,10). The van der Waals surface area contributed by atoms with Crippen molar-refractivity contribution in [2.24, 2.45) is 5.84 Å². The van der Waals surface area contributed by atoms with Crippen LogP contribution in [0.2, 0.25) is 0 Å². The number of nitrogens with two attached hydrogens (primary N) is 1. The number of esters is 1. The summed E-state index contributed by atoms with van der Waals surface area (Å²) in [5.74, 6) is 4.91. The quantitative estimate of drug-likeness (QED) is 0.353. The Morgan fingerprint density at radius 2 is 2.33 bits per heavy atom. The topological polar surface area (TPSA) is 90.1 Å². The van der Waals surface area contributed by atoms with Crippen molar-refractivity contribution in [2.75, 3.05) is 12.5 Å². The molecule has 0 atom stereocenters. The number of ether oxygens (including phenoxy) is 1. The van der Waals surface area contributed by atoms with Crippen LogP contribution in [0, 0.1) is 0 Å². The highest BCUT2D eigenvalue weighted by Crippen LogP contribution is 2.00. The zero-order chi connectivity index (χ0) is 8.97. The van der Waals surface area contributed by atoms with Gasteiger partial charge in [-0.15, -0.1) is 10.2 Å². The monoisotopic (exact) mass is 168 g/mol. The first kappa shape index (κ1) is 8.41. The molecule has 0 aromatic carbocycles. The highest BCUT2D eigenvalue weighted by molar-refractivity contribution is 5.86. The Bertz CT molecular complexity index is 271. The van der Waals surface area contributed by atoms with E-state index in [1.807, 2.05) is 0 Å². The number of hydrogen-bond acceptors (Lipinski definition) is 6. The third kappa shape index (κ3) is 1.67. The van der Waals surface area contributed by atoms with Crippen molar-refractivity contribution < 1.29 is 9.53 Å². The number of hydrogen-bond donors (Lipinski definition) is 2. The molecule has 0 radical (unpaired) electrons. The minimum absolute atomic E-state index is 0.150. The molecule has 64 valence electrons. The van der Waals surface area contributed by atoms with E-state index >= 15 is 0 Å². The number of anilines is 1. The molecule has 0 amide bonds. The fraction of sp³-hybridized carbons (Fsp3) is 0.167. The zero-order valence-electron chi connectivity index (χ0n) is 6.44. The number of rotatable bonds is 2. The summed E-state index contributed by atoms with van der Waals surface area (Å²) >= 11 is 0. The SMILES string of the molecule is COC(=O)c1ccc(NN)nn1. The number of aromatic nitrogens is 2. The van der Waals surface area contributed by atoms with E-state index in [2.05, 4.69) is 20.4 Å². The van der Waals surface area contributed by atoms with Crippen molar-refractivity contribution in [3.8, 4) is 0 Å². The van der Waals surface area contributed by atoms with Crippen LogP contribution in [0.1, 0.15) is 10.5 Å².